The van der Waals surface area contributed by atoms with Crippen molar-refractivity contribution in [2.75, 3.05) is 5.32 Å². The Hall–Kier alpha value is -3.74. The third-order valence-electron chi connectivity index (χ3n) is 4.88. The molecule has 1 N–H and O–H groups in total. The quantitative estimate of drug-likeness (QED) is 0.551. The van der Waals surface area contributed by atoms with Gasteiger partial charge in [0.15, 0.2) is 0 Å². The Labute approximate surface area is 169 Å². The van der Waals surface area contributed by atoms with Gasteiger partial charge in [0.25, 0.3) is 5.91 Å². The van der Waals surface area contributed by atoms with Crippen LogP contribution in [-0.2, 0) is 13.1 Å². The number of anilines is 1. The highest BCUT2D eigenvalue weighted by atomic mass is 16.1. The van der Waals surface area contributed by atoms with Crippen LogP contribution >= 0.6 is 0 Å². The monoisotopic (exact) mass is 386 g/mol. The van der Waals surface area contributed by atoms with Gasteiger partial charge in [0.05, 0.1) is 24.3 Å². The first-order chi connectivity index (χ1) is 14.1. The van der Waals surface area contributed by atoms with Crippen molar-refractivity contribution in [2.45, 2.75) is 26.9 Å². The number of hydrogen-bond acceptors (Lipinski definition) is 4. The minimum atomic E-state index is -0.119. The summed E-state index contributed by atoms with van der Waals surface area (Å²) in [5.41, 5.74) is 5.40. The van der Waals surface area contributed by atoms with Gasteiger partial charge in [-0.25, -0.2) is 0 Å². The number of nitrogens with zero attached hydrogens (tertiary/aromatic N) is 5. The Balaban J connectivity index is 1.51. The van der Waals surface area contributed by atoms with Crippen molar-refractivity contribution in [2.24, 2.45) is 0 Å². The SMILES string of the molecule is Cc1cc(C(=O)Nc2cccc(Cn3cnnc3)c2)c(C)n1Cc1ccccn1. The van der Waals surface area contributed by atoms with Crippen LogP contribution in [-0.4, -0.2) is 30.2 Å². The normalized spacial score (nSPS) is 10.8. The molecule has 0 aliphatic heterocycles. The molecule has 0 radical (unpaired) electrons. The first-order valence-corrected chi connectivity index (χ1v) is 9.39. The number of carbonyl (C=O) groups excluding carboxylic acids is 1. The highest BCUT2D eigenvalue weighted by molar-refractivity contribution is 6.05. The van der Waals surface area contributed by atoms with Crippen LogP contribution in [0, 0.1) is 13.8 Å². The zero-order chi connectivity index (χ0) is 20.2. The second-order valence-electron chi connectivity index (χ2n) is 6.98. The average molecular weight is 386 g/mol. The molecule has 4 aromatic rings. The van der Waals surface area contributed by atoms with Crippen LogP contribution in [0.3, 0.4) is 0 Å². The van der Waals surface area contributed by atoms with E-state index in [2.05, 4.69) is 25.1 Å². The number of benzene rings is 1. The van der Waals surface area contributed by atoms with Crippen molar-refractivity contribution in [3.8, 4) is 0 Å². The number of carbonyl (C=O) groups is 1. The number of nitrogens with one attached hydrogen (secondary N) is 1. The van der Waals surface area contributed by atoms with Crippen LogP contribution in [0.4, 0.5) is 5.69 Å². The van der Waals surface area contributed by atoms with Gasteiger partial charge in [-0.3, -0.25) is 9.78 Å². The molecule has 0 aliphatic rings. The number of pyridine rings is 1. The minimum absolute atomic E-state index is 0.119. The van der Waals surface area contributed by atoms with Gasteiger partial charge in [0, 0.05) is 23.3 Å². The molecule has 1 amide bonds. The molecule has 0 atom stereocenters. The molecule has 0 saturated heterocycles. The van der Waals surface area contributed by atoms with Crippen LogP contribution < -0.4 is 5.32 Å². The molecule has 0 spiro atoms. The van der Waals surface area contributed by atoms with Gasteiger partial charge in [-0.05, 0) is 49.7 Å². The van der Waals surface area contributed by atoms with Crippen molar-refractivity contribution in [1.82, 2.24) is 24.3 Å². The van der Waals surface area contributed by atoms with Gasteiger partial charge in [0.2, 0.25) is 0 Å². The van der Waals surface area contributed by atoms with Crippen molar-refractivity contribution >= 4 is 11.6 Å². The lowest BCUT2D eigenvalue weighted by Gasteiger charge is -2.10. The van der Waals surface area contributed by atoms with Gasteiger partial charge < -0.3 is 14.5 Å². The number of rotatable bonds is 6. The van der Waals surface area contributed by atoms with Gasteiger partial charge in [-0.2, -0.15) is 0 Å². The van der Waals surface area contributed by atoms with Crippen molar-refractivity contribution in [3.63, 3.8) is 0 Å². The van der Waals surface area contributed by atoms with Crippen LogP contribution in [0.1, 0.15) is 33.0 Å². The summed E-state index contributed by atoms with van der Waals surface area (Å²) in [4.78, 5) is 17.3. The highest BCUT2D eigenvalue weighted by Crippen LogP contribution is 2.19. The van der Waals surface area contributed by atoms with E-state index in [1.54, 1.807) is 18.9 Å². The smallest absolute Gasteiger partial charge is 0.257 e. The van der Waals surface area contributed by atoms with Gasteiger partial charge in [0.1, 0.15) is 12.7 Å². The maximum atomic E-state index is 12.9. The summed E-state index contributed by atoms with van der Waals surface area (Å²) in [6.45, 7) is 5.26. The summed E-state index contributed by atoms with van der Waals surface area (Å²) in [5.74, 6) is -0.119. The van der Waals surface area contributed by atoms with E-state index in [9.17, 15) is 4.79 Å². The van der Waals surface area contributed by atoms with Gasteiger partial charge in [-0.15, -0.1) is 10.2 Å². The fourth-order valence-corrected chi connectivity index (χ4v) is 3.39. The Morgan fingerprint density at radius 1 is 1.00 bits per heavy atom. The van der Waals surface area contributed by atoms with Gasteiger partial charge in [-0.1, -0.05) is 18.2 Å². The number of aryl methyl sites for hydroxylation is 1. The van der Waals surface area contributed by atoms with E-state index in [1.807, 2.05) is 66.9 Å². The van der Waals surface area contributed by atoms with E-state index >= 15 is 0 Å². The summed E-state index contributed by atoms with van der Waals surface area (Å²) < 4.78 is 3.99. The standard InChI is InChI=1S/C22H22N6O/c1-16-10-21(17(2)28(16)13-20-7-3-4-9-23-20)22(29)26-19-8-5-6-18(11-19)12-27-14-24-25-15-27/h3-11,14-15H,12-13H2,1-2H3,(H,26,29). The molecule has 7 heteroatoms. The second-order valence-corrected chi connectivity index (χ2v) is 6.98. The van der Waals surface area contributed by atoms with E-state index < -0.39 is 0 Å². The van der Waals surface area contributed by atoms with Crippen LogP contribution in [0.25, 0.3) is 0 Å². The van der Waals surface area contributed by atoms with E-state index in [0.717, 1.165) is 28.3 Å². The molecule has 4 rings (SSSR count). The zero-order valence-corrected chi connectivity index (χ0v) is 16.4. The minimum Gasteiger partial charge on any atom is -0.342 e. The van der Waals surface area contributed by atoms with Crippen molar-refractivity contribution in [3.05, 3.63) is 95.6 Å². The Bertz CT molecular complexity index is 1120. The maximum absolute atomic E-state index is 12.9. The molecule has 3 aromatic heterocycles. The zero-order valence-electron chi connectivity index (χ0n) is 16.4. The molecular weight excluding hydrogens is 364 g/mol. The molecule has 7 nitrogen and oxygen atoms in total. The van der Waals surface area contributed by atoms with Crippen LogP contribution in [0.15, 0.2) is 67.4 Å². The predicted octanol–water partition coefficient (Wildman–Crippen LogP) is 3.44. The number of hydrogen-bond donors (Lipinski definition) is 1. The topological polar surface area (TPSA) is 77.6 Å². The third-order valence-corrected chi connectivity index (χ3v) is 4.88. The van der Waals surface area contributed by atoms with E-state index in [0.29, 0.717) is 18.7 Å². The predicted molar refractivity (Wildman–Crippen MR) is 111 cm³/mol. The molecule has 0 aliphatic carbocycles. The Morgan fingerprint density at radius 2 is 1.83 bits per heavy atom. The molecular formula is C22H22N6O. The summed E-state index contributed by atoms with van der Waals surface area (Å²) in [6.07, 6.45) is 5.12. The van der Waals surface area contributed by atoms with Crippen molar-refractivity contribution < 1.29 is 4.79 Å². The Kier molecular flexibility index (Phi) is 5.20. The molecule has 0 saturated carbocycles. The average Bonchev–Trinajstić information content (AvgIpc) is 3.32. The fraction of sp³-hybridized carbons (Fsp3) is 0.182. The third kappa shape index (κ3) is 4.24. The lowest BCUT2D eigenvalue weighted by Crippen LogP contribution is -2.14. The summed E-state index contributed by atoms with van der Waals surface area (Å²) >= 11 is 0. The van der Waals surface area contributed by atoms with Crippen LogP contribution in [0.2, 0.25) is 0 Å². The van der Waals surface area contributed by atoms with E-state index in [1.165, 1.54) is 0 Å². The molecule has 29 heavy (non-hydrogen) atoms. The molecule has 3 heterocycles. The Morgan fingerprint density at radius 3 is 2.59 bits per heavy atom. The van der Waals surface area contributed by atoms with Gasteiger partial charge >= 0.3 is 0 Å². The van der Waals surface area contributed by atoms with E-state index in [4.69, 9.17) is 0 Å². The van der Waals surface area contributed by atoms with E-state index in [-0.39, 0.29) is 5.91 Å². The lowest BCUT2D eigenvalue weighted by molar-refractivity contribution is 0.102. The molecule has 0 fully saturated rings. The molecule has 0 unspecified atom stereocenters. The van der Waals surface area contributed by atoms with Crippen LogP contribution in [0.5, 0.6) is 0 Å². The summed E-state index contributed by atoms with van der Waals surface area (Å²) in [6, 6.07) is 15.6. The fourth-order valence-electron chi connectivity index (χ4n) is 3.39. The number of aromatic nitrogens is 5. The van der Waals surface area contributed by atoms with Crippen molar-refractivity contribution in [1.29, 1.82) is 0 Å². The number of amides is 1. The summed E-state index contributed by atoms with van der Waals surface area (Å²) in [5, 5.41) is 10.6. The second kappa shape index (κ2) is 8.10. The highest BCUT2D eigenvalue weighted by Gasteiger charge is 2.16. The molecule has 1 aromatic carbocycles. The largest absolute Gasteiger partial charge is 0.342 e. The molecule has 146 valence electrons. The molecule has 0 bridgehead atoms. The maximum Gasteiger partial charge on any atom is 0.257 e. The lowest BCUT2D eigenvalue weighted by atomic mass is 10.1. The first kappa shape index (κ1) is 18.6. The first-order valence-electron chi connectivity index (χ1n) is 9.39. The summed E-state index contributed by atoms with van der Waals surface area (Å²) in [7, 11) is 0.